The molecule has 1 unspecified atom stereocenters. The first-order valence-electron chi connectivity index (χ1n) is 6.77. The first kappa shape index (κ1) is 15.8. The van der Waals surface area contributed by atoms with Gasteiger partial charge in [-0.3, -0.25) is 4.79 Å². The summed E-state index contributed by atoms with van der Waals surface area (Å²) in [7, 11) is -3.58. The number of nitrogens with two attached hydrogens (primary N) is 2. The van der Waals surface area contributed by atoms with E-state index < -0.39 is 10.0 Å². The predicted molar refractivity (Wildman–Crippen MR) is 83.5 cm³/mol. The first-order valence-corrected chi connectivity index (χ1v) is 8.49. The van der Waals surface area contributed by atoms with E-state index in [2.05, 4.69) is 0 Å². The minimum atomic E-state index is -3.58. The number of hydrogen-bond donors (Lipinski definition) is 2. The second-order valence-electron chi connectivity index (χ2n) is 5.80. The maximum absolute atomic E-state index is 12.2. The van der Waals surface area contributed by atoms with Crippen molar-refractivity contribution in [2.75, 3.05) is 22.9 Å². The molecule has 0 aliphatic carbocycles. The van der Waals surface area contributed by atoms with Crippen LogP contribution in [-0.2, 0) is 14.8 Å². The number of anilines is 2. The van der Waals surface area contributed by atoms with Gasteiger partial charge in [-0.15, -0.1) is 0 Å². The van der Waals surface area contributed by atoms with Crippen LogP contribution in [0, 0.1) is 26.7 Å². The second kappa shape index (κ2) is 5.31. The molecule has 1 aromatic carbocycles. The average Bonchev–Trinajstić information content (AvgIpc) is 2.65. The third-order valence-corrected chi connectivity index (χ3v) is 4.87. The standard InChI is InChI=1S/C14H21N3O3S/c1-8-4-9(2)14(10(3)13(8)15)17-6-11(5-12(17)18)7-21(16,19)20/h4,11H,5-7,15H2,1-3H3,(H2,16,19,20). The summed E-state index contributed by atoms with van der Waals surface area (Å²) in [6, 6.07) is 1.94. The molecule has 1 aliphatic rings. The van der Waals surface area contributed by atoms with Gasteiger partial charge >= 0.3 is 0 Å². The molecule has 1 aliphatic heterocycles. The molecule has 0 aromatic heterocycles. The smallest absolute Gasteiger partial charge is 0.227 e. The van der Waals surface area contributed by atoms with Gasteiger partial charge in [-0.2, -0.15) is 0 Å². The molecule has 2 rings (SSSR count). The fraction of sp³-hybridized carbons (Fsp3) is 0.500. The molecule has 1 fully saturated rings. The van der Waals surface area contributed by atoms with Crippen molar-refractivity contribution < 1.29 is 13.2 Å². The van der Waals surface area contributed by atoms with Gasteiger partial charge < -0.3 is 10.6 Å². The summed E-state index contributed by atoms with van der Waals surface area (Å²) in [5.41, 5.74) is 10.3. The molecule has 4 N–H and O–H groups in total. The zero-order valence-corrected chi connectivity index (χ0v) is 13.3. The van der Waals surface area contributed by atoms with Crippen molar-refractivity contribution in [2.45, 2.75) is 27.2 Å². The van der Waals surface area contributed by atoms with E-state index in [9.17, 15) is 13.2 Å². The highest BCUT2D eigenvalue weighted by atomic mass is 32.2. The lowest BCUT2D eigenvalue weighted by molar-refractivity contribution is -0.117. The first-order chi connectivity index (χ1) is 9.60. The van der Waals surface area contributed by atoms with Crippen molar-refractivity contribution in [3.05, 3.63) is 22.8 Å². The van der Waals surface area contributed by atoms with E-state index in [0.29, 0.717) is 12.2 Å². The van der Waals surface area contributed by atoms with E-state index in [0.717, 1.165) is 22.4 Å². The number of sulfonamides is 1. The van der Waals surface area contributed by atoms with Gasteiger partial charge in [0.25, 0.3) is 0 Å². The van der Waals surface area contributed by atoms with E-state index >= 15 is 0 Å². The Labute approximate surface area is 125 Å². The Bertz CT molecular complexity index is 698. The van der Waals surface area contributed by atoms with Gasteiger partial charge in [0.05, 0.1) is 11.4 Å². The Balaban J connectivity index is 2.36. The number of nitrogens with zero attached hydrogens (tertiary/aromatic N) is 1. The molecular weight excluding hydrogens is 290 g/mol. The highest BCUT2D eigenvalue weighted by Gasteiger charge is 2.34. The summed E-state index contributed by atoms with van der Waals surface area (Å²) in [6.07, 6.45) is 0.198. The van der Waals surface area contributed by atoms with Crippen molar-refractivity contribution in [3.8, 4) is 0 Å². The topological polar surface area (TPSA) is 106 Å². The third kappa shape index (κ3) is 3.19. The quantitative estimate of drug-likeness (QED) is 0.806. The lowest BCUT2D eigenvalue weighted by atomic mass is 10.0. The number of rotatable bonds is 3. The monoisotopic (exact) mass is 311 g/mol. The number of benzene rings is 1. The van der Waals surface area contributed by atoms with Gasteiger partial charge in [0.2, 0.25) is 15.9 Å². The Kier molecular flexibility index (Phi) is 3.99. The average molecular weight is 311 g/mol. The Morgan fingerprint density at radius 2 is 1.90 bits per heavy atom. The molecule has 116 valence electrons. The highest BCUT2D eigenvalue weighted by molar-refractivity contribution is 7.89. The van der Waals surface area contributed by atoms with Crippen LogP contribution in [0.25, 0.3) is 0 Å². The third-order valence-electron chi connectivity index (χ3n) is 3.93. The van der Waals surface area contributed by atoms with Gasteiger partial charge in [0.15, 0.2) is 0 Å². The molecule has 1 heterocycles. The maximum Gasteiger partial charge on any atom is 0.227 e. The second-order valence-corrected chi connectivity index (χ2v) is 7.46. The van der Waals surface area contributed by atoms with Crippen LogP contribution in [-0.4, -0.2) is 26.6 Å². The summed E-state index contributed by atoms with van der Waals surface area (Å²) >= 11 is 0. The van der Waals surface area contributed by atoms with E-state index in [1.807, 2.05) is 26.8 Å². The molecule has 0 radical (unpaired) electrons. The summed E-state index contributed by atoms with van der Waals surface area (Å²) in [5.74, 6) is -0.527. The van der Waals surface area contributed by atoms with Crippen LogP contribution in [0.3, 0.4) is 0 Å². The molecule has 1 amide bonds. The SMILES string of the molecule is Cc1cc(C)c(N2CC(CS(N)(=O)=O)CC2=O)c(C)c1N. The minimum Gasteiger partial charge on any atom is -0.398 e. The normalized spacial score (nSPS) is 19.3. The maximum atomic E-state index is 12.2. The van der Waals surface area contributed by atoms with E-state index in [1.165, 1.54) is 0 Å². The predicted octanol–water partition coefficient (Wildman–Crippen LogP) is 0.835. The Morgan fingerprint density at radius 1 is 1.29 bits per heavy atom. The van der Waals surface area contributed by atoms with Crippen LogP contribution >= 0.6 is 0 Å². The lowest BCUT2D eigenvalue weighted by Crippen LogP contribution is -2.28. The highest BCUT2D eigenvalue weighted by Crippen LogP contribution is 2.35. The zero-order chi connectivity index (χ0) is 15.9. The minimum absolute atomic E-state index is 0.0851. The summed E-state index contributed by atoms with van der Waals surface area (Å²) in [5, 5.41) is 5.07. The number of carbonyl (C=O) groups excluding carboxylic acids is 1. The van der Waals surface area contributed by atoms with Gasteiger partial charge in [-0.1, -0.05) is 6.07 Å². The fourth-order valence-corrected chi connectivity index (χ4v) is 3.92. The number of aryl methyl sites for hydroxylation is 2. The Hall–Kier alpha value is -1.60. The van der Waals surface area contributed by atoms with Gasteiger partial charge in [0.1, 0.15) is 0 Å². The largest absolute Gasteiger partial charge is 0.398 e. The van der Waals surface area contributed by atoms with Crippen LogP contribution in [0.4, 0.5) is 11.4 Å². The zero-order valence-electron chi connectivity index (χ0n) is 12.5. The molecule has 21 heavy (non-hydrogen) atoms. The molecule has 7 heteroatoms. The van der Waals surface area contributed by atoms with Gasteiger partial charge in [0, 0.05) is 24.6 Å². The number of amides is 1. The lowest BCUT2D eigenvalue weighted by Gasteiger charge is -2.23. The van der Waals surface area contributed by atoms with E-state index in [4.69, 9.17) is 10.9 Å². The number of nitrogen functional groups attached to an aromatic ring is 1. The molecular formula is C14H21N3O3S. The van der Waals surface area contributed by atoms with Crippen molar-refractivity contribution in [2.24, 2.45) is 11.1 Å². The summed E-state index contributed by atoms with van der Waals surface area (Å²) < 4.78 is 22.4. The van der Waals surface area contributed by atoms with E-state index in [-0.39, 0.29) is 24.0 Å². The van der Waals surface area contributed by atoms with Crippen molar-refractivity contribution in [1.29, 1.82) is 0 Å². The van der Waals surface area contributed by atoms with Crippen LogP contribution in [0.2, 0.25) is 0 Å². The summed E-state index contributed by atoms with van der Waals surface area (Å²) in [6.45, 7) is 6.09. The van der Waals surface area contributed by atoms with Gasteiger partial charge in [-0.25, -0.2) is 13.6 Å². The fourth-order valence-electron chi connectivity index (χ4n) is 3.04. The Morgan fingerprint density at radius 3 is 2.48 bits per heavy atom. The molecule has 1 aromatic rings. The van der Waals surface area contributed by atoms with Crippen LogP contribution in [0.1, 0.15) is 23.1 Å². The summed E-state index contributed by atoms with van der Waals surface area (Å²) in [4.78, 5) is 13.9. The van der Waals surface area contributed by atoms with Crippen molar-refractivity contribution >= 4 is 27.3 Å². The van der Waals surface area contributed by atoms with Crippen LogP contribution in [0.15, 0.2) is 6.07 Å². The molecule has 1 atom stereocenters. The number of hydrogen-bond acceptors (Lipinski definition) is 4. The molecule has 6 nitrogen and oxygen atoms in total. The van der Waals surface area contributed by atoms with Crippen LogP contribution in [0.5, 0.6) is 0 Å². The molecule has 1 saturated heterocycles. The number of carbonyl (C=O) groups is 1. The molecule has 0 bridgehead atoms. The molecule has 0 spiro atoms. The van der Waals surface area contributed by atoms with Crippen LogP contribution < -0.4 is 15.8 Å². The molecule has 0 saturated carbocycles. The van der Waals surface area contributed by atoms with Crippen molar-refractivity contribution in [3.63, 3.8) is 0 Å². The number of primary sulfonamides is 1. The van der Waals surface area contributed by atoms with Gasteiger partial charge in [-0.05, 0) is 37.5 Å². The van der Waals surface area contributed by atoms with Crippen molar-refractivity contribution in [1.82, 2.24) is 0 Å². The van der Waals surface area contributed by atoms with E-state index in [1.54, 1.807) is 4.90 Å².